The van der Waals surface area contributed by atoms with Crippen LogP contribution in [0.3, 0.4) is 0 Å². The summed E-state index contributed by atoms with van der Waals surface area (Å²) in [5.74, 6) is -0.112. The van der Waals surface area contributed by atoms with E-state index in [1.54, 1.807) is 12.1 Å². The van der Waals surface area contributed by atoms with Gasteiger partial charge in [-0.15, -0.1) is 0 Å². The van der Waals surface area contributed by atoms with Gasteiger partial charge in [0.25, 0.3) is 5.69 Å². The molecular formula is C14H19N3O3. The molecule has 6 heteroatoms. The molecule has 0 atom stereocenters. The third-order valence-electron chi connectivity index (χ3n) is 2.76. The van der Waals surface area contributed by atoms with Gasteiger partial charge < -0.3 is 0 Å². The number of nitro benzene ring substituents is 1. The van der Waals surface area contributed by atoms with E-state index in [9.17, 15) is 14.9 Å². The maximum atomic E-state index is 11.4. The lowest BCUT2D eigenvalue weighted by molar-refractivity contribution is -0.384. The first-order valence-electron chi connectivity index (χ1n) is 6.70. The normalized spacial score (nSPS) is 10.7. The number of benzene rings is 1. The van der Waals surface area contributed by atoms with E-state index < -0.39 is 4.92 Å². The minimum Gasteiger partial charge on any atom is -0.273 e. The minimum absolute atomic E-state index is 0.0297. The number of nitro groups is 1. The second-order valence-corrected chi connectivity index (χ2v) is 4.45. The molecular weight excluding hydrogens is 258 g/mol. The predicted molar refractivity (Wildman–Crippen MR) is 77.6 cm³/mol. The van der Waals surface area contributed by atoms with Crippen LogP contribution >= 0.6 is 0 Å². The van der Waals surface area contributed by atoms with Gasteiger partial charge in [0.1, 0.15) is 0 Å². The van der Waals surface area contributed by atoms with Crippen molar-refractivity contribution in [1.29, 1.82) is 0 Å². The number of nitrogens with zero attached hydrogens (tertiary/aromatic N) is 2. The van der Waals surface area contributed by atoms with E-state index in [2.05, 4.69) is 17.5 Å². The number of carbonyl (C=O) groups is 1. The van der Waals surface area contributed by atoms with Crippen molar-refractivity contribution >= 4 is 17.8 Å². The number of hydrazone groups is 1. The van der Waals surface area contributed by atoms with Gasteiger partial charge in [0.15, 0.2) is 0 Å². The third kappa shape index (κ3) is 6.08. The Morgan fingerprint density at radius 1 is 1.30 bits per heavy atom. The summed E-state index contributed by atoms with van der Waals surface area (Å²) < 4.78 is 0. The van der Waals surface area contributed by atoms with Crippen molar-refractivity contribution in [3.63, 3.8) is 0 Å². The van der Waals surface area contributed by atoms with E-state index in [4.69, 9.17) is 0 Å². The summed E-state index contributed by atoms with van der Waals surface area (Å²) in [5, 5.41) is 14.3. The molecule has 0 radical (unpaired) electrons. The number of nitrogens with one attached hydrogen (secondary N) is 1. The van der Waals surface area contributed by atoms with Crippen molar-refractivity contribution in [3.05, 3.63) is 39.9 Å². The zero-order chi connectivity index (χ0) is 14.8. The lowest BCUT2D eigenvalue weighted by Gasteiger charge is -1.99. The minimum atomic E-state index is -0.459. The molecule has 108 valence electrons. The Morgan fingerprint density at radius 3 is 2.60 bits per heavy atom. The quantitative estimate of drug-likeness (QED) is 0.343. The number of unbranched alkanes of at least 4 members (excludes halogenated alkanes) is 3. The Bertz CT molecular complexity index is 469. The average molecular weight is 277 g/mol. The molecule has 20 heavy (non-hydrogen) atoms. The van der Waals surface area contributed by atoms with Crippen molar-refractivity contribution < 1.29 is 9.72 Å². The molecule has 0 bridgehead atoms. The molecule has 6 nitrogen and oxygen atoms in total. The van der Waals surface area contributed by atoms with Crippen molar-refractivity contribution in [2.75, 3.05) is 0 Å². The Balaban J connectivity index is 2.33. The van der Waals surface area contributed by atoms with Crippen LogP contribution in [0.5, 0.6) is 0 Å². The second kappa shape index (κ2) is 8.79. The van der Waals surface area contributed by atoms with Crippen LogP contribution in [0, 0.1) is 10.1 Å². The standard InChI is InChI=1S/C14H19N3O3/c1-2-3-4-5-6-14(18)16-15-11-12-7-9-13(10-8-12)17(19)20/h7-11H,2-6H2,1H3,(H,16,18)/b15-11+. The molecule has 1 amide bonds. The summed E-state index contributed by atoms with van der Waals surface area (Å²) in [4.78, 5) is 21.4. The van der Waals surface area contributed by atoms with Crippen LogP contribution in [0.2, 0.25) is 0 Å². The maximum Gasteiger partial charge on any atom is 0.269 e. The summed E-state index contributed by atoms with van der Waals surface area (Å²) in [6.07, 6.45) is 6.13. The predicted octanol–water partition coefficient (Wildman–Crippen LogP) is 3.02. The van der Waals surface area contributed by atoms with Gasteiger partial charge in [-0.1, -0.05) is 26.2 Å². The highest BCUT2D eigenvalue weighted by molar-refractivity contribution is 5.82. The van der Waals surface area contributed by atoms with E-state index in [0.29, 0.717) is 12.0 Å². The fourth-order valence-electron chi connectivity index (χ4n) is 1.63. The first-order chi connectivity index (χ1) is 9.63. The number of hydrogen-bond acceptors (Lipinski definition) is 4. The fourth-order valence-corrected chi connectivity index (χ4v) is 1.63. The molecule has 0 saturated carbocycles. The summed E-state index contributed by atoms with van der Waals surface area (Å²) in [7, 11) is 0. The van der Waals surface area contributed by atoms with E-state index in [1.165, 1.54) is 18.3 Å². The van der Waals surface area contributed by atoms with E-state index in [-0.39, 0.29) is 11.6 Å². The number of carbonyl (C=O) groups excluding carboxylic acids is 1. The van der Waals surface area contributed by atoms with Crippen molar-refractivity contribution in [3.8, 4) is 0 Å². The molecule has 1 aromatic rings. The molecule has 0 aromatic heterocycles. The Kier molecular flexibility index (Phi) is 6.95. The lowest BCUT2D eigenvalue weighted by atomic mass is 10.1. The highest BCUT2D eigenvalue weighted by Crippen LogP contribution is 2.10. The van der Waals surface area contributed by atoms with E-state index in [0.717, 1.165) is 25.7 Å². The summed E-state index contributed by atoms with van der Waals surface area (Å²) in [5.41, 5.74) is 3.17. The first-order valence-corrected chi connectivity index (χ1v) is 6.70. The highest BCUT2D eigenvalue weighted by atomic mass is 16.6. The van der Waals surface area contributed by atoms with Gasteiger partial charge in [-0.3, -0.25) is 14.9 Å². The zero-order valence-corrected chi connectivity index (χ0v) is 11.5. The molecule has 0 aliphatic heterocycles. The van der Waals surface area contributed by atoms with Crippen LogP contribution in [0.25, 0.3) is 0 Å². The fraction of sp³-hybridized carbons (Fsp3) is 0.429. The molecule has 1 rings (SSSR count). The molecule has 0 unspecified atom stereocenters. The van der Waals surface area contributed by atoms with Crippen molar-refractivity contribution in [1.82, 2.24) is 5.43 Å². The molecule has 0 saturated heterocycles. The van der Waals surface area contributed by atoms with Gasteiger partial charge in [-0.25, -0.2) is 5.43 Å². The Hall–Kier alpha value is -2.24. The molecule has 0 aliphatic rings. The van der Waals surface area contributed by atoms with Crippen molar-refractivity contribution in [2.24, 2.45) is 5.10 Å². The number of hydrogen-bond donors (Lipinski definition) is 1. The summed E-state index contributed by atoms with van der Waals surface area (Å²) >= 11 is 0. The van der Waals surface area contributed by atoms with Crippen molar-refractivity contribution in [2.45, 2.75) is 39.0 Å². The third-order valence-corrected chi connectivity index (χ3v) is 2.76. The molecule has 0 fully saturated rings. The van der Waals surface area contributed by atoms with E-state index >= 15 is 0 Å². The summed E-state index contributed by atoms with van der Waals surface area (Å²) in [6.45, 7) is 2.12. The summed E-state index contributed by atoms with van der Waals surface area (Å²) in [6, 6.07) is 5.95. The van der Waals surface area contributed by atoms with Gasteiger partial charge >= 0.3 is 0 Å². The molecule has 0 heterocycles. The topological polar surface area (TPSA) is 84.6 Å². The largest absolute Gasteiger partial charge is 0.273 e. The average Bonchev–Trinajstić information content (AvgIpc) is 2.44. The molecule has 0 aliphatic carbocycles. The zero-order valence-electron chi connectivity index (χ0n) is 11.5. The number of rotatable bonds is 8. The van der Waals surface area contributed by atoms with Gasteiger partial charge in [0.2, 0.25) is 5.91 Å². The van der Waals surface area contributed by atoms with Crippen LogP contribution in [0.4, 0.5) is 5.69 Å². The van der Waals surface area contributed by atoms with Gasteiger partial charge in [-0.2, -0.15) is 5.10 Å². The highest BCUT2D eigenvalue weighted by Gasteiger charge is 2.02. The number of amides is 1. The molecule has 0 spiro atoms. The Morgan fingerprint density at radius 2 is 2.00 bits per heavy atom. The van der Waals surface area contributed by atoms with Crippen LogP contribution in [0.1, 0.15) is 44.6 Å². The van der Waals surface area contributed by atoms with Gasteiger partial charge in [-0.05, 0) is 24.1 Å². The number of non-ortho nitro benzene ring substituents is 1. The second-order valence-electron chi connectivity index (χ2n) is 4.45. The van der Waals surface area contributed by atoms with Gasteiger partial charge in [0.05, 0.1) is 11.1 Å². The first kappa shape index (κ1) is 15.8. The lowest BCUT2D eigenvalue weighted by Crippen LogP contribution is -2.16. The van der Waals surface area contributed by atoms with E-state index in [1.807, 2.05) is 0 Å². The molecule has 1 aromatic carbocycles. The molecule has 1 N–H and O–H groups in total. The van der Waals surface area contributed by atoms with Crippen LogP contribution in [0.15, 0.2) is 29.4 Å². The van der Waals surface area contributed by atoms with Crippen LogP contribution in [-0.4, -0.2) is 17.0 Å². The SMILES string of the molecule is CCCCCCC(=O)N/N=C/c1ccc([N+](=O)[O-])cc1. The van der Waals surface area contributed by atoms with Crippen LogP contribution in [-0.2, 0) is 4.79 Å². The maximum absolute atomic E-state index is 11.4. The van der Waals surface area contributed by atoms with Crippen LogP contribution < -0.4 is 5.43 Å². The monoisotopic (exact) mass is 277 g/mol. The Labute approximate surface area is 118 Å². The smallest absolute Gasteiger partial charge is 0.269 e. The van der Waals surface area contributed by atoms with Gasteiger partial charge in [0, 0.05) is 18.6 Å².